The molecule has 0 amide bonds. The van der Waals surface area contributed by atoms with Gasteiger partial charge in [0.1, 0.15) is 6.35 Å². The fourth-order valence-corrected chi connectivity index (χ4v) is 2.79. The van der Waals surface area contributed by atoms with Gasteiger partial charge in [-0.15, -0.1) is 0 Å². The maximum Gasteiger partial charge on any atom is 0.199 e. The average Bonchev–Trinajstić information content (AvgIpc) is 2.01. The lowest BCUT2D eigenvalue weighted by atomic mass is 10.9. The largest absolute Gasteiger partial charge is 0.333 e. The van der Waals surface area contributed by atoms with Crippen LogP contribution in [0.5, 0.6) is 0 Å². The Labute approximate surface area is 85.3 Å². The molecule has 0 heterocycles. The van der Waals surface area contributed by atoms with Gasteiger partial charge in [0.25, 0.3) is 0 Å². The molecule has 0 saturated carbocycles. The van der Waals surface area contributed by atoms with E-state index in [2.05, 4.69) is 21.2 Å². The smallest absolute Gasteiger partial charge is 0.199 e. The summed E-state index contributed by atoms with van der Waals surface area (Å²) in [6, 6.07) is 0. The highest BCUT2D eigenvalue weighted by Gasteiger charge is 2.08. The second-order valence-electron chi connectivity index (χ2n) is 1.48. The first-order valence-corrected chi connectivity index (χ1v) is 7.93. The molecule has 0 aliphatic rings. The molecule has 0 aromatic heterocycles. The molecular formula is C5H12IO3PS. The van der Waals surface area contributed by atoms with Crippen LogP contribution in [-0.2, 0) is 13.2 Å². The number of hydrogen-bond acceptors (Lipinski definition) is 4. The van der Waals surface area contributed by atoms with Gasteiger partial charge >= 0.3 is 0 Å². The maximum atomic E-state index is 5.29. The Hall–Kier alpha value is 1.39. The zero-order valence-electron chi connectivity index (χ0n) is 6.58. The highest BCUT2D eigenvalue weighted by molar-refractivity contribution is 14.2. The van der Waals surface area contributed by atoms with Crippen LogP contribution in [0, 0.1) is 0 Å². The predicted molar refractivity (Wildman–Crippen MR) is 57.7 cm³/mol. The second kappa shape index (κ2) is 9.48. The van der Waals surface area contributed by atoms with E-state index in [0.717, 1.165) is 0 Å². The van der Waals surface area contributed by atoms with Crippen LogP contribution in [0.3, 0.4) is 0 Å². The zero-order chi connectivity index (χ0) is 8.53. The molecule has 0 unspecified atom stereocenters. The predicted octanol–water partition coefficient (Wildman–Crippen LogP) is 3.34. The minimum atomic E-state index is -0.815. The fraction of sp³-hybridized carbons (Fsp3) is 1.00. The summed E-state index contributed by atoms with van der Waals surface area (Å²) in [4.78, 5) is 0. The molecule has 68 valence electrons. The van der Waals surface area contributed by atoms with Crippen molar-refractivity contribution in [1.29, 1.82) is 0 Å². The first kappa shape index (κ1) is 12.4. The Morgan fingerprint density at radius 1 is 1.27 bits per heavy atom. The van der Waals surface area contributed by atoms with Crippen molar-refractivity contribution in [3.8, 4) is 0 Å². The van der Waals surface area contributed by atoms with E-state index in [9.17, 15) is 0 Å². The Balaban J connectivity index is 3.34. The second-order valence-corrected chi connectivity index (χ2v) is 4.36. The van der Waals surface area contributed by atoms with Gasteiger partial charge in [-0.2, -0.15) is 0 Å². The van der Waals surface area contributed by atoms with E-state index in [1.54, 1.807) is 0 Å². The molecule has 11 heavy (non-hydrogen) atoms. The topological polar surface area (TPSA) is 27.7 Å². The molecule has 0 bridgehead atoms. The van der Waals surface area contributed by atoms with Crippen LogP contribution in [0.1, 0.15) is 13.8 Å². The summed E-state index contributed by atoms with van der Waals surface area (Å²) in [5, 5.41) is 0. The lowest BCUT2D eigenvalue weighted by Gasteiger charge is -2.13. The Morgan fingerprint density at radius 3 is 2.18 bits per heavy atom. The molecule has 0 rings (SSSR count). The van der Waals surface area contributed by atoms with Crippen LogP contribution >= 0.6 is 38.8 Å². The zero-order valence-corrected chi connectivity index (χ0v) is 10.4. The Morgan fingerprint density at radius 2 is 1.82 bits per heavy atom. The summed E-state index contributed by atoms with van der Waals surface area (Å²) in [6.07, 6.45) is 0.546. The molecular weight excluding hydrogens is 298 g/mol. The first-order chi connectivity index (χ1) is 5.35. The third-order valence-electron chi connectivity index (χ3n) is 0.749. The van der Waals surface area contributed by atoms with Gasteiger partial charge < -0.3 is 9.05 Å². The van der Waals surface area contributed by atoms with Crippen LogP contribution in [0.25, 0.3) is 0 Å². The van der Waals surface area contributed by atoms with Crippen molar-refractivity contribution in [1.82, 2.24) is 0 Å². The molecule has 3 nitrogen and oxygen atoms in total. The number of rotatable bonds is 7. The normalized spacial score (nSPS) is 10.9. The van der Waals surface area contributed by atoms with Crippen LogP contribution in [0.4, 0.5) is 0 Å². The highest BCUT2D eigenvalue weighted by Crippen LogP contribution is 2.39. The van der Waals surface area contributed by atoms with Crippen molar-refractivity contribution in [2.75, 3.05) is 19.6 Å². The van der Waals surface area contributed by atoms with Crippen molar-refractivity contribution < 1.29 is 13.2 Å². The third-order valence-corrected chi connectivity index (χ3v) is 3.33. The Kier molecular flexibility index (Phi) is 10.7. The lowest BCUT2D eigenvalue weighted by Crippen LogP contribution is -1.94. The van der Waals surface area contributed by atoms with Crippen LogP contribution < -0.4 is 0 Å². The average molecular weight is 310 g/mol. The molecule has 0 N–H and O–H groups in total. The molecule has 0 aromatic rings. The van der Waals surface area contributed by atoms with Gasteiger partial charge in [-0.05, 0) is 13.8 Å². The van der Waals surface area contributed by atoms with E-state index in [1.165, 1.54) is 9.21 Å². The molecule has 0 aliphatic heterocycles. The summed E-state index contributed by atoms with van der Waals surface area (Å²) in [7, 11) is 0.493. The van der Waals surface area contributed by atoms with E-state index >= 15 is 0 Å². The molecule has 0 aliphatic carbocycles. The van der Waals surface area contributed by atoms with E-state index < -0.39 is 8.38 Å². The van der Waals surface area contributed by atoms with Gasteiger partial charge in [-0.25, -0.2) is 0 Å². The van der Waals surface area contributed by atoms with Crippen molar-refractivity contribution in [3.05, 3.63) is 0 Å². The summed E-state index contributed by atoms with van der Waals surface area (Å²) < 4.78 is 15.7. The standard InChI is InChI=1S/C5H12IO3PS/c1-3-7-10(8-4-2)5-9-11-6/h3-5H2,1-2H3. The first-order valence-electron chi connectivity index (χ1n) is 3.28. The molecule has 6 heteroatoms. The van der Waals surface area contributed by atoms with Crippen LogP contribution in [-0.4, -0.2) is 19.6 Å². The molecule has 0 fully saturated rings. The summed E-state index contributed by atoms with van der Waals surface area (Å²) >= 11 is 2.07. The summed E-state index contributed by atoms with van der Waals surface area (Å²) in [5.41, 5.74) is 0. The molecule has 0 atom stereocenters. The molecule has 0 radical (unpaired) electrons. The number of hydrogen-bond donors (Lipinski definition) is 0. The maximum absolute atomic E-state index is 5.29. The van der Waals surface area contributed by atoms with Crippen LogP contribution in [0.15, 0.2) is 0 Å². The van der Waals surface area contributed by atoms with Gasteiger partial charge in [0.05, 0.1) is 22.4 Å². The van der Waals surface area contributed by atoms with Gasteiger partial charge in [0.2, 0.25) is 0 Å². The van der Waals surface area contributed by atoms with Crippen LogP contribution in [0.2, 0.25) is 0 Å². The van der Waals surface area contributed by atoms with Crippen molar-refractivity contribution in [2.45, 2.75) is 13.8 Å². The summed E-state index contributed by atoms with van der Waals surface area (Å²) in [5.74, 6) is 0. The molecule has 0 aromatic carbocycles. The number of halogens is 1. The van der Waals surface area contributed by atoms with Gasteiger partial charge in [-0.3, -0.25) is 4.18 Å². The van der Waals surface area contributed by atoms with Crippen molar-refractivity contribution >= 4 is 38.8 Å². The quantitative estimate of drug-likeness (QED) is 0.409. The van der Waals surface area contributed by atoms with E-state index in [4.69, 9.17) is 13.2 Å². The van der Waals surface area contributed by atoms with Gasteiger partial charge in [-0.1, -0.05) is 0 Å². The minimum Gasteiger partial charge on any atom is -0.333 e. The monoisotopic (exact) mass is 310 g/mol. The van der Waals surface area contributed by atoms with E-state index in [0.29, 0.717) is 19.6 Å². The van der Waals surface area contributed by atoms with Gasteiger partial charge in [0, 0.05) is 21.2 Å². The van der Waals surface area contributed by atoms with E-state index in [1.807, 2.05) is 13.8 Å². The highest BCUT2D eigenvalue weighted by atomic mass is 127. The van der Waals surface area contributed by atoms with Gasteiger partial charge in [0.15, 0.2) is 8.38 Å². The summed E-state index contributed by atoms with van der Waals surface area (Å²) in [6.45, 7) is 5.26. The molecule has 0 saturated heterocycles. The minimum absolute atomic E-state index is 0.546. The SMILES string of the molecule is CCOP(COSI)OCC. The fourth-order valence-electron chi connectivity index (χ4n) is 0.463. The molecule has 0 spiro atoms. The van der Waals surface area contributed by atoms with Crippen molar-refractivity contribution in [2.24, 2.45) is 0 Å². The Bertz CT molecular complexity index is 82.1. The third kappa shape index (κ3) is 7.74. The van der Waals surface area contributed by atoms with E-state index in [-0.39, 0.29) is 0 Å². The lowest BCUT2D eigenvalue weighted by molar-refractivity contribution is 0.251. The van der Waals surface area contributed by atoms with Crippen molar-refractivity contribution in [3.63, 3.8) is 0 Å².